The first-order valence-corrected chi connectivity index (χ1v) is 7.32. The average Bonchev–Trinajstić information content (AvgIpc) is 2.58. The lowest BCUT2D eigenvalue weighted by molar-refractivity contribution is -0.302. The molecule has 1 aliphatic rings. The van der Waals surface area contributed by atoms with E-state index in [0.29, 0.717) is 0 Å². The molecular weight excluding hydrogens is 324 g/mol. The maximum Gasteiger partial charge on any atom is 0.338 e. The van der Waals surface area contributed by atoms with Crippen LogP contribution in [0.5, 0.6) is 5.75 Å². The zero-order valence-corrected chi connectivity index (χ0v) is 12.7. The van der Waals surface area contributed by atoms with Gasteiger partial charge in [0.1, 0.15) is 36.8 Å². The Kier molecular flexibility index (Phi) is 6.49. The Morgan fingerprint density at radius 1 is 1.12 bits per heavy atom. The number of aliphatic hydroxyl groups excluding tert-OH is 4. The first kappa shape index (κ1) is 18.6. The SMILES string of the molecule is O=C(OCCO[C@@H]1O[C@H](CO)[C@@H](O)[C@H](O)[C@H]1O)c1cccc(O)c1. The third kappa shape index (κ3) is 4.41. The largest absolute Gasteiger partial charge is 0.508 e. The number of hydrogen-bond acceptors (Lipinski definition) is 9. The Bertz CT molecular complexity index is 548. The van der Waals surface area contributed by atoms with E-state index in [9.17, 15) is 25.2 Å². The van der Waals surface area contributed by atoms with Crippen LogP contribution in [0.4, 0.5) is 0 Å². The van der Waals surface area contributed by atoms with Crippen LogP contribution < -0.4 is 0 Å². The van der Waals surface area contributed by atoms with Crippen LogP contribution in [-0.2, 0) is 14.2 Å². The average molecular weight is 344 g/mol. The van der Waals surface area contributed by atoms with Crippen LogP contribution in [0.25, 0.3) is 0 Å². The molecular formula is C15H20O9. The topological polar surface area (TPSA) is 146 Å². The van der Waals surface area contributed by atoms with E-state index in [2.05, 4.69) is 0 Å². The zero-order valence-electron chi connectivity index (χ0n) is 12.7. The van der Waals surface area contributed by atoms with Gasteiger partial charge < -0.3 is 39.7 Å². The summed E-state index contributed by atoms with van der Waals surface area (Å²) in [5.74, 6) is -0.731. The van der Waals surface area contributed by atoms with E-state index in [4.69, 9.17) is 19.3 Å². The molecule has 2 rings (SSSR count). The van der Waals surface area contributed by atoms with Crippen molar-refractivity contribution in [1.82, 2.24) is 0 Å². The van der Waals surface area contributed by atoms with E-state index in [1.165, 1.54) is 24.3 Å². The van der Waals surface area contributed by atoms with Crippen molar-refractivity contribution in [3.63, 3.8) is 0 Å². The Morgan fingerprint density at radius 2 is 1.88 bits per heavy atom. The number of ether oxygens (including phenoxy) is 3. The van der Waals surface area contributed by atoms with Crippen LogP contribution in [0, 0.1) is 0 Å². The van der Waals surface area contributed by atoms with Gasteiger partial charge in [-0.05, 0) is 18.2 Å². The number of phenols is 1. The molecule has 134 valence electrons. The second-order valence-electron chi connectivity index (χ2n) is 5.25. The molecule has 0 aromatic heterocycles. The summed E-state index contributed by atoms with van der Waals surface area (Å²) in [5, 5.41) is 47.3. The van der Waals surface area contributed by atoms with Crippen molar-refractivity contribution in [1.29, 1.82) is 0 Å². The fourth-order valence-corrected chi connectivity index (χ4v) is 2.22. The highest BCUT2D eigenvalue weighted by Crippen LogP contribution is 2.21. The molecule has 0 unspecified atom stereocenters. The van der Waals surface area contributed by atoms with Gasteiger partial charge in [-0.3, -0.25) is 0 Å². The Morgan fingerprint density at radius 3 is 2.54 bits per heavy atom. The van der Waals surface area contributed by atoms with Crippen LogP contribution in [0.1, 0.15) is 10.4 Å². The highest BCUT2D eigenvalue weighted by molar-refractivity contribution is 5.89. The van der Waals surface area contributed by atoms with Gasteiger partial charge in [0, 0.05) is 0 Å². The number of aliphatic hydroxyl groups is 4. The number of benzene rings is 1. The van der Waals surface area contributed by atoms with Gasteiger partial charge >= 0.3 is 5.97 Å². The summed E-state index contributed by atoms with van der Waals surface area (Å²) in [6.45, 7) is -0.867. The van der Waals surface area contributed by atoms with Gasteiger partial charge in [0.25, 0.3) is 0 Å². The molecule has 1 fully saturated rings. The Hall–Kier alpha value is -1.75. The number of hydrogen-bond donors (Lipinski definition) is 5. The van der Waals surface area contributed by atoms with Crippen LogP contribution in [0.2, 0.25) is 0 Å². The summed E-state index contributed by atoms with van der Waals surface area (Å²) in [6.07, 6.45) is -6.85. The van der Waals surface area contributed by atoms with Crippen LogP contribution in [0.3, 0.4) is 0 Å². The van der Waals surface area contributed by atoms with Crippen LogP contribution in [0.15, 0.2) is 24.3 Å². The monoisotopic (exact) mass is 344 g/mol. The van der Waals surface area contributed by atoms with Gasteiger partial charge in [-0.1, -0.05) is 6.07 Å². The van der Waals surface area contributed by atoms with Crippen molar-refractivity contribution in [2.24, 2.45) is 0 Å². The summed E-state index contributed by atoms with van der Waals surface area (Å²) >= 11 is 0. The Balaban J connectivity index is 1.78. The molecule has 0 spiro atoms. The van der Waals surface area contributed by atoms with Gasteiger partial charge in [-0.15, -0.1) is 0 Å². The second-order valence-corrected chi connectivity index (χ2v) is 5.25. The normalized spacial score (nSPS) is 30.1. The minimum Gasteiger partial charge on any atom is -0.508 e. The molecule has 0 amide bonds. The minimum absolute atomic E-state index is 0.0676. The number of aromatic hydroxyl groups is 1. The summed E-state index contributed by atoms with van der Waals surface area (Å²) < 4.78 is 15.2. The number of carbonyl (C=O) groups is 1. The van der Waals surface area contributed by atoms with Crippen LogP contribution in [-0.4, -0.2) is 82.0 Å². The molecule has 0 saturated carbocycles. The fraction of sp³-hybridized carbons (Fsp3) is 0.533. The molecule has 1 aromatic rings. The third-order valence-corrected chi connectivity index (χ3v) is 3.53. The lowest BCUT2D eigenvalue weighted by Gasteiger charge is -2.39. The molecule has 9 nitrogen and oxygen atoms in total. The predicted octanol–water partition coefficient (Wildman–Crippen LogP) is -1.63. The summed E-state index contributed by atoms with van der Waals surface area (Å²) in [4.78, 5) is 11.7. The van der Waals surface area contributed by atoms with E-state index in [1.54, 1.807) is 0 Å². The molecule has 1 saturated heterocycles. The van der Waals surface area contributed by atoms with Gasteiger partial charge in [0.2, 0.25) is 0 Å². The summed E-state index contributed by atoms with van der Waals surface area (Å²) in [5.41, 5.74) is 0.169. The van der Waals surface area contributed by atoms with E-state index in [0.717, 1.165) is 0 Å². The van der Waals surface area contributed by atoms with Crippen molar-refractivity contribution in [2.75, 3.05) is 19.8 Å². The molecule has 0 radical (unpaired) electrons. The highest BCUT2D eigenvalue weighted by atomic mass is 16.7. The molecule has 5 atom stereocenters. The van der Waals surface area contributed by atoms with E-state index in [1.807, 2.05) is 0 Å². The van der Waals surface area contributed by atoms with E-state index < -0.39 is 43.3 Å². The zero-order chi connectivity index (χ0) is 17.7. The summed E-state index contributed by atoms with van der Waals surface area (Å²) in [6, 6.07) is 5.64. The van der Waals surface area contributed by atoms with Gasteiger partial charge in [-0.25, -0.2) is 4.79 Å². The molecule has 1 aromatic carbocycles. The fourth-order valence-electron chi connectivity index (χ4n) is 2.22. The number of carbonyl (C=O) groups excluding carboxylic acids is 1. The molecule has 9 heteroatoms. The van der Waals surface area contributed by atoms with E-state index >= 15 is 0 Å². The van der Waals surface area contributed by atoms with Crippen molar-refractivity contribution in [3.8, 4) is 5.75 Å². The van der Waals surface area contributed by atoms with Crippen molar-refractivity contribution < 1.29 is 44.5 Å². The summed E-state index contributed by atoms with van der Waals surface area (Å²) in [7, 11) is 0. The third-order valence-electron chi connectivity index (χ3n) is 3.53. The smallest absolute Gasteiger partial charge is 0.338 e. The molecule has 0 bridgehead atoms. The maximum atomic E-state index is 11.7. The lowest BCUT2D eigenvalue weighted by atomic mass is 9.99. The second kappa shape index (κ2) is 8.38. The van der Waals surface area contributed by atoms with Crippen molar-refractivity contribution in [3.05, 3.63) is 29.8 Å². The molecule has 5 N–H and O–H groups in total. The van der Waals surface area contributed by atoms with Crippen molar-refractivity contribution in [2.45, 2.75) is 30.7 Å². The quantitative estimate of drug-likeness (QED) is 0.303. The number of phenolic OH excluding ortho intramolecular Hbond substituents is 1. The number of esters is 1. The van der Waals surface area contributed by atoms with Gasteiger partial charge in [0.05, 0.1) is 18.8 Å². The van der Waals surface area contributed by atoms with E-state index in [-0.39, 0.29) is 24.5 Å². The molecule has 24 heavy (non-hydrogen) atoms. The molecule has 1 heterocycles. The minimum atomic E-state index is -1.53. The molecule has 0 aliphatic carbocycles. The maximum absolute atomic E-state index is 11.7. The standard InChI is InChI=1S/C15H20O9/c16-7-10-11(18)12(19)13(20)15(24-10)23-5-4-22-14(21)8-2-1-3-9(17)6-8/h1-3,6,10-13,15-20H,4-5,7H2/t10-,11-,12+,13-,15-/m1/s1. The van der Waals surface area contributed by atoms with Crippen molar-refractivity contribution >= 4 is 5.97 Å². The predicted molar refractivity (Wildman–Crippen MR) is 78.1 cm³/mol. The first-order chi connectivity index (χ1) is 11.4. The van der Waals surface area contributed by atoms with Gasteiger partial charge in [-0.2, -0.15) is 0 Å². The first-order valence-electron chi connectivity index (χ1n) is 7.32. The highest BCUT2D eigenvalue weighted by Gasteiger charge is 2.43. The van der Waals surface area contributed by atoms with Gasteiger partial charge in [0.15, 0.2) is 6.29 Å². The van der Waals surface area contributed by atoms with Crippen LogP contribution >= 0.6 is 0 Å². The number of rotatable bonds is 6. The molecule has 1 aliphatic heterocycles. The Labute approximate surface area is 137 Å². The lowest BCUT2D eigenvalue weighted by Crippen LogP contribution is -2.59.